The molecule has 2 heterocycles. The molecule has 2 aliphatic rings. The van der Waals surface area contributed by atoms with E-state index in [1.807, 2.05) is 30.3 Å². The Morgan fingerprint density at radius 2 is 1.84 bits per heavy atom. The van der Waals surface area contributed by atoms with Gasteiger partial charge < -0.3 is 4.90 Å². The van der Waals surface area contributed by atoms with Crippen LogP contribution in [0.1, 0.15) is 38.8 Å². The number of halogens is 1. The molecule has 0 aliphatic carbocycles. The predicted molar refractivity (Wildman–Crippen MR) is 135 cm³/mol. The van der Waals surface area contributed by atoms with Crippen molar-refractivity contribution in [3.63, 3.8) is 0 Å². The number of nitrogens with one attached hydrogen (secondary N) is 1. The monoisotopic (exact) mass is 465 g/mol. The van der Waals surface area contributed by atoms with Gasteiger partial charge in [-0.25, -0.2) is 0 Å². The Morgan fingerprint density at radius 3 is 2.50 bits per heavy atom. The molecule has 0 atom stereocenters. The fourth-order valence-corrected chi connectivity index (χ4v) is 4.92. The fourth-order valence-electron chi connectivity index (χ4n) is 4.43. The van der Waals surface area contributed by atoms with Gasteiger partial charge in [0.05, 0.1) is 11.2 Å². The molecule has 2 amide bonds. The highest BCUT2D eigenvalue weighted by atomic mass is 35.5. The SMILES string of the molecule is CCN1c2cc(Cl)c(/C=C3/C(=O)NC(=S)N(c4ccccc4)C3=O)cc2C(C)=CC1(C)C. The number of likely N-dealkylation sites (N-methyl/N-ethyl adjacent to an activating group) is 1. The number of para-hydroxylation sites is 1. The van der Waals surface area contributed by atoms with Gasteiger partial charge in [0.25, 0.3) is 11.8 Å². The Labute approximate surface area is 198 Å². The van der Waals surface area contributed by atoms with E-state index in [0.717, 1.165) is 23.4 Å². The zero-order chi connectivity index (χ0) is 23.2. The van der Waals surface area contributed by atoms with Crippen molar-refractivity contribution in [1.82, 2.24) is 5.32 Å². The van der Waals surface area contributed by atoms with Crippen LogP contribution in [0.15, 0.2) is 54.1 Å². The molecular weight excluding hydrogens is 442 g/mol. The molecule has 0 saturated carbocycles. The summed E-state index contributed by atoms with van der Waals surface area (Å²) in [5.74, 6) is -1.02. The number of anilines is 2. The minimum atomic E-state index is -0.537. The van der Waals surface area contributed by atoms with Gasteiger partial charge in [-0.3, -0.25) is 19.8 Å². The van der Waals surface area contributed by atoms with Gasteiger partial charge >= 0.3 is 0 Å². The third kappa shape index (κ3) is 3.74. The number of carbonyl (C=O) groups excluding carboxylic acids is 2. The number of allylic oxidation sites excluding steroid dienone is 1. The van der Waals surface area contributed by atoms with Gasteiger partial charge in [0.2, 0.25) is 0 Å². The third-order valence-electron chi connectivity index (χ3n) is 5.83. The van der Waals surface area contributed by atoms with Crippen molar-refractivity contribution in [2.75, 3.05) is 16.3 Å². The Bertz CT molecular complexity index is 1200. The van der Waals surface area contributed by atoms with Crippen molar-refractivity contribution in [3.8, 4) is 0 Å². The summed E-state index contributed by atoms with van der Waals surface area (Å²) in [6, 6.07) is 12.8. The minimum Gasteiger partial charge on any atom is -0.363 e. The number of hydrogen-bond acceptors (Lipinski definition) is 4. The fraction of sp³-hybridized carbons (Fsp3) is 0.240. The summed E-state index contributed by atoms with van der Waals surface area (Å²) < 4.78 is 0. The van der Waals surface area contributed by atoms with Crippen molar-refractivity contribution in [1.29, 1.82) is 0 Å². The minimum absolute atomic E-state index is 0.0191. The van der Waals surface area contributed by atoms with Gasteiger partial charge in [-0.2, -0.15) is 0 Å². The number of carbonyl (C=O) groups is 2. The number of fused-ring (bicyclic) bond motifs is 1. The molecule has 32 heavy (non-hydrogen) atoms. The maximum absolute atomic E-state index is 13.2. The van der Waals surface area contributed by atoms with Crippen molar-refractivity contribution in [2.24, 2.45) is 0 Å². The number of hydrogen-bond donors (Lipinski definition) is 1. The first kappa shape index (κ1) is 22.2. The highest BCUT2D eigenvalue weighted by molar-refractivity contribution is 7.80. The Morgan fingerprint density at radius 1 is 1.16 bits per heavy atom. The average molecular weight is 466 g/mol. The topological polar surface area (TPSA) is 52.7 Å². The van der Waals surface area contributed by atoms with E-state index in [4.69, 9.17) is 23.8 Å². The molecular formula is C25H24ClN3O2S. The molecule has 2 aromatic carbocycles. The molecule has 1 fully saturated rings. The van der Waals surface area contributed by atoms with Gasteiger partial charge in [0.15, 0.2) is 5.11 Å². The summed E-state index contributed by atoms with van der Waals surface area (Å²) in [5, 5.41) is 3.14. The summed E-state index contributed by atoms with van der Waals surface area (Å²) >= 11 is 11.9. The molecule has 5 nitrogen and oxygen atoms in total. The summed E-state index contributed by atoms with van der Waals surface area (Å²) in [6.45, 7) is 9.32. The number of amides is 2. The molecule has 0 radical (unpaired) electrons. The van der Waals surface area contributed by atoms with Crippen LogP contribution in [0.3, 0.4) is 0 Å². The third-order valence-corrected chi connectivity index (χ3v) is 6.44. The van der Waals surface area contributed by atoms with Crippen LogP contribution >= 0.6 is 23.8 Å². The van der Waals surface area contributed by atoms with E-state index in [9.17, 15) is 9.59 Å². The number of benzene rings is 2. The molecule has 0 bridgehead atoms. The standard InChI is InChI=1S/C25H24ClN3O2S/c1-5-28-21-13-20(26)16(11-18(21)15(2)14-25(28,3)4)12-19-22(30)27-24(32)29(23(19)31)17-9-7-6-8-10-17/h6-14H,5H2,1-4H3,(H,27,30,32)/b19-12-. The maximum atomic E-state index is 13.2. The quantitative estimate of drug-likeness (QED) is 0.385. The lowest BCUT2D eigenvalue weighted by molar-refractivity contribution is -0.122. The molecule has 0 spiro atoms. The molecule has 1 saturated heterocycles. The second-order valence-corrected chi connectivity index (χ2v) is 9.20. The van der Waals surface area contributed by atoms with Crippen molar-refractivity contribution >= 4 is 63.8 Å². The van der Waals surface area contributed by atoms with Crippen molar-refractivity contribution in [2.45, 2.75) is 33.2 Å². The maximum Gasteiger partial charge on any atom is 0.270 e. The molecule has 2 aliphatic heterocycles. The smallest absolute Gasteiger partial charge is 0.270 e. The van der Waals surface area contributed by atoms with E-state index in [1.165, 1.54) is 4.90 Å². The van der Waals surface area contributed by atoms with Crippen LogP contribution in [0.4, 0.5) is 11.4 Å². The largest absolute Gasteiger partial charge is 0.363 e. The van der Waals surface area contributed by atoms with Crippen molar-refractivity contribution in [3.05, 3.63) is 70.3 Å². The van der Waals surface area contributed by atoms with Crippen LogP contribution in [0.2, 0.25) is 5.02 Å². The van der Waals surface area contributed by atoms with E-state index in [-0.39, 0.29) is 16.2 Å². The Balaban J connectivity index is 1.80. The molecule has 164 valence electrons. The van der Waals surface area contributed by atoms with Gasteiger partial charge in [-0.1, -0.05) is 35.9 Å². The van der Waals surface area contributed by atoms with Crippen LogP contribution in [-0.2, 0) is 9.59 Å². The Hall–Kier alpha value is -2.96. The van der Waals surface area contributed by atoms with E-state index in [1.54, 1.807) is 18.2 Å². The summed E-state index contributed by atoms with van der Waals surface area (Å²) in [7, 11) is 0. The molecule has 1 N–H and O–H groups in total. The molecule has 4 rings (SSSR count). The zero-order valence-electron chi connectivity index (χ0n) is 18.4. The molecule has 7 heteroatoms. The number of rotatable bonds is 3. The van der Waals surface area contributed by atoms with E-state index < -0.39 is 11.8 Å². The van der Waals surface area contributed by atoms with Crippen molar-refractivity contribution < 1.29 is 9.59 Å². The summed E-state index contributed by atoms with van der Waals surface area (Å²) in [4.78, 5) is 29.5. The van der Waals surface area contributed by atoms with Crippen LogP contribution in [0.25, 0.3) is 11.6 Å². The molecule has 0 aromatic heterocycles. The molecule has 0 unspecified atom stereocenters. The number of thiocarbonyl (C=S) groups is 1. The van der Waals surface area contributed by atoms with E-state index in [0.29, 0.717) is 16.3 Å². The predicted octanol–water partition coefficient (Wildman–Crippen LogP) is 5.19. The normalized spacial score (nSPS) is 19.1. The van der Waals surface area contributed by atoms with E-state index >= 15 is 0 Å². The number of nitrogens with zero attached hydrogens (tertiary/aromatic N) is 2. The Kier molecular flexibility index (Phi) is 5.69. The van der Waals surface area contributed by atoms with Crippen LogP contribution < -0.4 is 15.1 Å². The first-order valence-corrected chi connectivity index (χ1v) is 11.2. The highest BCUT2D eigenvalue weighted by Crippen LogP contribution is 2.41. The lowest BCUT2D eigenvalue weighted by Gasteiger charge is -2.43. The summed E-state index contributed by atoms with van der Waals surface area (Å²) in [6.07, 6.45) is 3.76. The average Bonchev–Trinajstić information content (AvgIpc) is 2.72. The lowest BCUT2D eigenvalue weighted by atomic mass is 9.87. The lowest BCUT2D eigenvalue weighted by Crippen LogP contribution is -2.54. The van der Waals surface area contributed by atoms with Gasteiger partial charge in [0.1, 0.15) is 5.57 Å². The van der Waals surface area contributed by atoms with Crippen LogP contribution in [-0.4, -0.2) is 29.0 Å². The molecule has 2 aromatic rings. The first-order chi connectivity index (χ1) is 15.1. The van der Waals surface area contributed by atoms with E-state index in [2.05, 4.69) is 44.0 Å². The summed E-state index contributed by atoms with van der Waals surface area (Å²) in [5.41, 5.74) is 4.22. The van der Waals surface area contributed by atoms with Crippen LogP contribution in [0, 0.1) is 0 Å². The highest BCUT2D eigenvalue weighted by Gasteiger charge is 2.35. The zero-order valence-corrected chi connectivity index (χ0v) is 20.0. The van der Waals surface area contributed by atoms with Gasteiger partial charge in [0, 0.05) is 22.8 Å². The second-order valence-electron chi connectivity index (χ2n) is 8.41. The van der Waals surface area contributed by atoms with Gasteiger partial charge in [-0.15, -0.1) is 0 Å². The van der Waals surface area contributed by atoms with Crippen LogP contribution in [0.5, 0.6) is 0 Å². The second kappa shape index (κ2) is 8.19. The first-order valence-electron chi connectivity index (χ1n) is 10.4. The van der Waals surface area contributed by atoms with Gasteiger partial charge in [-0.05, 0) is 81.4 Å².